The number of piperidine rings is 1. The molecule has 1 atom stereocenters. The number of oxime groups is 1. The molecule has 1 aromatic rings. The number of halogens is 1. The monoisotopic (exact) mass is 324 g/mol. The van der Waals surface area contributed by atoms with Crippen molar-refractivity contribution in [2.45, 2.75) is 20.3 Å². The van der Waals surface area contributed by atoms with Gasteiger partial charge >= 0.3 is 0 Å². The van der Waals surface area contributed by atoms with Crippen LogP contribution in [0.4, 0.5) is 0 Å². The zero-order chi connectivity index (χ0) is 14.0. The van der Waals surface area contributed by atoms with Gasteiger partial charge in [0.05, 0.1) is 5.71 Å². The highest BCUT2D eigenvalue weighted by atomic mass is 79.9. The van der Waals surface area contributed by atoms with Gasteiger partial charge in [-0.25, -0.2) is 0 Å². The number of hydrogen-bond acceptors (Lipinski definition) is 3. The molecule has 1 fully saturated rings. The van der Waals surface area contributed by atoms with Crippen molar-refractivity contribution in [2.75, 3.05) is 13.1 Å². The molecule has 0 aliphatic carbocycles. The van der Waals surface area contributed by atoms with Gasteiger partial charge in [0, 0.05) is 35.5 Å². The summed E-state index contributed by atoms with van der Waals surface area (Å²) in [5, 5.41) is 12.2. The molecule has 4 nitrogen and oxygen atoms in total. The molecular weight excluding hydrogens is 308 g/mol. The van der Waals surface area contributed by atoms with E-state index in [2.05, 4.69) is 21.1 Å². The highest BCUT2D eigenvalue weighted by molar-refractivity contribution is 9.10. The van der Waals surface area contributed by atoms with E-state index in [0.717, 1.165) is 21.3 Å². The van der Waals surface area contributed by atoms with Crippen LogP contribution in [-0.4, -0.2) is 34.8 Å². The fourth-order valence-electron chi connectivity index (χ4n) is 2.37. The maximum atomic E-state index is 12.5. The van der Waals surface area contributed by atoms with E-state index in [1.807, 2.05) is 36.9 Å². The predicted octanol–water partition coefficient (Wildman–Crippen LogP) is 3.07. The molecule has 1 N–H and O–H groups in total. The highest BCUT2D eigenvalue weighted by Gasteiger charge is 2.27. The molecule has 1 heterocycles. The summed E-state index contributed by atoms with van der Waals surface area (Å²) < 4.78 is 0.945. The average molecular weight is 325 g/mol. The topological polar surface area (TPSA) is 52.9 Å². The molecule has 5 heteroatoms. The molecule has 1 aromatic carbocycles. The smallest absolute Gasteiger partial charge is 0.254 e. The van der Waals surface area contributed by atoms with Crippen molar-refractivity contribution >= 4 is 27.5 Å². The van der Waals surface area contributed by atoms with E-state index in [0.29, 0.717) is 19.5 Å². The number of carbonyl (C=O) groups is 1. The van der Waals surface area contributed by atoms with E-state index in [9.17, 15) is 4.79 Å². The third kappa shape index (κ3) is 2.81. The normalized spacial score (nSPS) is 21.7. The first-order chi connectivity index (χ1) is 9.04. The summed E-state index contributed by atoms with van der Waals surface area (Å²) in [6.07, 6.45) is 0.635. The third-order valence-corrected chi connectivity index (χ3v) is 4.47. The molecule has 1 unspecified atom stereocenters. The summed E-state index contributed by atoms with van der Waals surface area (Å²) in [6, 6.07) is 5.66. The van der Waals surface area contributed by atoms with Crippen molar-refractivity contribution in [1.82, 2.24) is 4.90 Å². The second-order valence-electron chi connectivity index (χ2n) is 4.91. The first-order valence-corrected chi connectivity index (χ1v) is 7.09. The van der Waals surface area contributed by atoms with Gasteiger partial charge in [-0.05, 0) is 24.6 Å². The standard InChI is InChI=1S/C14H17BrN2O2/c1-9-8-17(7-6-13(9)16-19)14(18)11-4-3-5-12(15)10(11)2/h3-5,9,19H,6-8H2,1-2H3/b16-13+. The molecular formula is C14H17BrN2O2. The lowest BCUT2D eigenvalue weighted by Crippen LogP contribution is -2.43. The van der Waals surface area contributed by atoms with Crippen LogP contribution < -0.4 is 0 Å². The molecule has 102 valence electrons. The molecule has 1 aliphatic rings. The Bertz CT molecular complexity index is 528. The van der Waals surface area contributed by atoms with Crippen LogP contribution >= 0.6 is 15.9 Å². The maximum absolute atomic E-state index is 12.5. The first kappa shape index (κ1) is 14.1. The predicted molar refractivity (Wildman–Crippen MR) is 77.8 cm³/mol. The molecule has 19 heavy (non-hydrogen) atoms. The third-order valence-electron chi connectivity index (χ3n) is 3.61. The lowest BCUT2D eigenvalue weighted by molar-refractivity contribution is 0.0733. The molecule has 0 bridgehead atoms. The summed E-state index contributed by atoms with van der Waals surface area (Å²) in [7, 11) is 0. The van der Waals surface area contributed by atoms with E-state index < -0.39 is 0 Å². The number of hydrogen-bond donors (Lipinski definition) is 1. The SMILES string of the molecule is Cc1c(Br)cccc1C(=O)N1CC/C(=N\O)C(C)C1. The van der Waals surface area contributed by atoms with Crippen LogP contribution in [0, 0.1) is 12.8 Å². The lowest BCUT2D eigenvalue weighted by atomic mass is 9.96. The zero-order valence-electron chi connectivity index (χ0n) is 11.1. The molecule has 0 saturated carbocycles. The van der Waals surface area contributed by atoms with Crippen molar-refractivity contribution in [3.63, 3.8) is 0 Å². The van der Waals surface area contributed by atoms with E-state index in [-0.39, 0.29) is 11.8 Å². The van der Waals surface area contributed by atoms with Crippen LogP contribution in [0.3, 0.4) is 0 Å². The van der Waals surface area contributed by atoms with Crippen LogP contribution in [0.15, 0.2) is 27.8 Å². The minimum atomic E-state index is 0.0441. The summed E-state index contributed by atoms with van der Waals surface area (Å²) in [6.45, 7) is 5.12. The molecule has 0 radical (unpaired) electrons. The summed E-state index contributed by atoms with van der Waals surface area (Å²) in [4.78, 5) is 14.3. The van der Waals surface area contributed by atoms with Gasteiger partial charge in [-0.15, -0.1) is 0 Å². The molecule has 2 rings (SSSR count). The van der Waals surface area contributed by atoms with Crippen molar-refractivity contribution in [3.05, 3.63) is 33.8 Å². The van der Waals surface area contributed by atoms with Crippen molar-refractivity contribution in [2.24, 2.45) is 11.1 Å². The van der Waals surface area contributed by atoms with Gasteiger partial charge in [-0.1, -0.05) is 34.1 Å². The fourth-order valence-corrected chi connectivity index (χ4v) is 2.73. The van der Waals surface area contributed by atoms with Gasteiger partial charge in [0.1, 0.15) is 0 Å². The first-order valence-electron chi connectivity index (χ1n) is 6.29. The van der Waals surface area contributed by atoms with Gasteiger partial charge in [-0.2, -0.15) is 0 Å². The quantitative estimate of drug-likeness (QED) is 0.637. The van der Waals surface area contributed by atoms with E-state index in [1.54, 1.807) is 0 Å². The van der Waals surface area contributed by atoms with Gasteiger partial charge < -0.3 is 10.1 Å². The van der Waals surface area contributed by atoms with Crippen LogP contribution in [0.2, 0.25) is 0 Å². The summed E-state index contributed by atoms with van der Waals surface area (Å²) in [5.74, 6) is 0.151. The average Bonchev–Trinajstić information content (AvgIpc) is 2.41. The lowest BCUT2D eigenvalue weighted by Gasteiger charge is -2.32. The van der Waals surface area contributed by atoms with Crippen molar-refractivity contribution in [3.8, 4) is 0 Å². The number of nitrogens with zero attached hydrogens (tertiary/aromatic N) is 2. The van der Waals surface area contributed by atoms with Gasteiger partial charge in [0.15, 0.2) is 0 Å². The van der Waals surface area contributed by atoms with E-state index in [4.69, 9.17) is 5.21 Å². The van der Waals surface area contributed by atoms with Gasteiger partial charge in [-0.3, -0.25) is 4.79 Å². The second-order valence-corrected chi connectivity index (χ2v) is 5.76. The van der Waals surface area contributed by atoms with Crippen LogP contribution in [0.5, 0.6) is 0 Å². The molecule has 0 spiro atoms. The van der Waals surface area contributed by atoms with Crippen molar-refractivity contribution < 1.29 is 10.0 Å². The Morgan fingerprint density at radius 3 is 2.89 bits per heavy atom. The van der Waals surface area contributed by atoms with Crippen LogP contribution in [0.1, 0.15) is 29.3 Å². The number of benzene rings is 1. The molecule has 1 amide bonds. The molecule has 1 saturated heterocycles. The van der Waals surface area contributed by atoms with E-state index in [1.165, 1.54) is 0 Å². The largest absolute Gasteiger partial charge is 0.411 e. The van der Waals surface area contributed by atoms with Crippen molar-refractivity contribution in [1.29, 1.82) is 0 Å². The summed E-state index contributed by atoms with van der Waals surface area (Å²) >= 11 is 3.45. The fraction of sp³-hybridized carbons (Fsp3) is 0.429. The minimum Gasteiger partial charge on any atom is -0.411 e. The Morgan fingerprint density at radius 1 is 1.53 bits per heavy atom. The van der Waals surface area contributed by atoms with Crippen LogP contribution in [-0.2, 0) is 0 Å². The van der Waals surface area contributed by atoms with E-state index >= 15 is 0 Å². The zero-order valence-corrected chi connectivity index (χ0v) is 12.6. The Morgan fingerprint density at radius 2 is 2.26 bits per heavy atom. The Kier molecular flexibility index (Phi) is 4.24. The maximum Gasteiger partial charge on any atom is 0.254 e. The molecule has 1 aliphatic heterocycles. The Labute approximate surface area is 121 Å². The summed E-state index contributed by atoms with van der Waals surface area (Å²) in [5.41, 5.74) is 2.46. The van der Waals surface area contributed by atoms with Gasteiger partial charge in [0.25, 0.3) is 5.91 Å². The highest BCUT2D eigenvalue weighted by Crippen LogP contribution is 2.23. The van der Waals surface area contributed by atoms with Crippen LogP contribution in [0.25, 0.3) is 0 Å². The Balaban J connectivity index is 2.19. The number of amides is 1. The number of likely N-dealkylation sites (tertiary alicyclic amines) is 1. The van der Waals surface area contributed by atoms with Gasteiger partial charge in [0.2, 0.25) is 0 Å². The number of rotatable bonds is 1. The minimum absolute atomic E-state index is 0.0441. The Hall–Kier alpha value is -1.36. The number of carbonyl (C=O) groups excluding carboxylic acids is 1. The second kappa shape index (κ2) is 5.74. The molecule has 0 aromatic heterocycles.